The lowest BCUT2D eigenvalue weighted by Crippen LogP contribution is -2.13. The zero-order valence-corrected chi connectivity index (χ0v) is 12.6. The first kappa shape index (κ1) is 14.9. The fourth-order valence-electron chi connectivity index (χ4n) is 1.54. The van der Waals surface area contributed by atoms with Gasteiger partial charge in [-0.3, -0.25) is 4.72 Å². The Hall–Kier alpha value is -1.51. The summed E-state index contributed by atoms with van der Waals surface area (Å²) in [5, 5.41) is 2.09. The third-order valence-electron chi connectivity index (χ3n) is 2.38. The van der Waals surface area contributed by atoms with Crippen LogP contribution in [0.15, 0.2) is 34.5 Å². The second-order valence-corrected chi connectivity index (χ2v) is 6.98. The minimum atomic E-state index is -3.73. The Bertz CT molecular complexity index is 681. The molecule has 1 aromatic carbocycles. The van der Waals surface area contributed by atoms with Crippen LogP contribution in [-0.4, -0.2) is 32.4 Å². The highest BCUT2D eigenvalue weighted by Crippen LogP contribution is 2.20. The monoisotopic (exact) mass is 315 g/mol. The van der Waals surface area contributed by atoms with Crippen LogP contribution in [0.3, 0.4) is 0 Å². The number of sulfonamides is 1. The Balaban J connectivity index is 2.16. The fourth-order valence-corrected chi connectivity index (χ4v) is 3.49. The van der Waals surface area contributed by atoms with Crippen LogP contribution < -0.4 is 4.72 Å². The molecule has 0 bridgehead atoms. The lowest BCUT2D eigenvalue weighted by Gasteiger charge is -2.06. The summed E-state index contributed by atoms with van der Waals surface area (Å²) in [6.45, 7) is 0.634. The summed E-state index contributed by atoms with van der Waals surface area (Å²) in [7, 11) is 0.0814. The van der Waals surface area contributed by atoms with Gasteiger partial charge in [-0.05, 0) is 38.4 Å². The largest absolute Gasteiger partial charge is 0.304 e. The molecule has 1 heterocycles. The van der Waals surface area contributed by atoms with Crippen molar-refractivity contribution in [2.24, 2.45) is 0 Å². The van der Waals surface area contributed by atoms with E-state index < -0.39 is 15.8 Å². The van der Waals surface area contributed by atoms with Crippen molar-refractivity contribution in [2.45, 2.75) is 11.4 Å². The van der Waals surface area contributed by atoms with Gasteiger partial charge in [0.2, 0.25) is 0 Å². The van der Waals surface area contributed by atoms with Gasteiger partial charge in [0.15, 0.2) is 5.13 Å². The van der Waals surface area contributed by atoms with Gasteiger partial charge in [-0.2, -0.15) is 0 Å². The second-order valence-electron chi connectivity index (χ2n) is 4.44. The van der Waals surface area contributed by atoms with Crippen molar-refractivity contribution in [3.8, 4) is 0 Å². The van der Waals surface area contributed by atoms with Crippen molar-refractivity contribution in [1.82, 2.24) is 9.88 Å². The molecule has 2 rings (SSSR count). The molecule has 2 aromatic rings. The highest BCUT2D eigenvalue weighted by atomic mass is 32.2. The van der Waals surface area contributed by atoms with E-state index in [0.29, 0.717) is 11.7 Å². The topological polar surface area (TPSA) is 62.3 Å². The number of nitrogens with zero attached hydrogens (tertiary/aromatic N) is 2. The van der Waals surface area contributed by atoms with Gasteiger partial charge >= 0.3 is 0 Å². The summed E-state index contributed by atoms with van der Waals surface area (Å²) in [4.78, 5) is 6.13. The Morgan fingerprint density at radius 2 is 1.95 bits per heavy atom. The van der Waals surface area contributed by atoms with Crippen LogP contribution in [0.25, 0.3) is 0 Å². The van der Waals surface area contributed by atoms with Gasteiger partial charge in [0, 0.05) is 11.9 Å². The molecule has 0 radical (unpaired) electrons. The Morgan fingerprint density at radius 1 is 1.30 bits per heavy atom. The summed E-state index contributed by atoms with van der Waals surface area (Å²) in [5.41, 5.74) is 0.789. The molecule has 1 aromatic heterocycles. The van der Waals surface area contributed by atoms with E-state index in [1.807, 2.05) is 19.0 Å². The molecule has 0 aliphatic carbocycles. The molecule has 0 unspecified atom stereocenters. The van der Waals surface area contributed by atoms with Crippen molar-refractivity contribution >= 4 is 26.5 Å². The molecule has 0 spiro atoms. The summed E-state index contributed by atoms with van der Waals surface area (Å²) in [6, 6.07) is 4.64. The highest BCUT2D eigenvalue weighted by Gasteiger charge is 2.16. The standard InChI is InChI=1S/C12H14FN3O2S2/c1-16(2)7-10-8-19-12(14-10)15-20(17,18)11-5-3-9(13)4-6-11/h3-6,8H,7H2,1-2H3,(H,14,15). The molecule has 8 heteroatoms. The van der Waals surface area contributed by atoms with E-state index in [-0.39, 0.29) is 4.90 Å². The molecule has 0 saturated carbocycles. The number of thiazole rings is 1. The van der Waals surface area contributed by atoms with E-state index in [1.54, 1.807) is 5.38 Å². The van der Waals surface area contributed by atoms with E-state index >= 15 is 0 Å². The van der Waals surface area contributed by atoms with Crippen LogP contribution in [0.2, 0.25) is 0 Å². The number of anilines is 1. The number of halogens is 1. The number of rotatable bonds is 5. The van der Waals surface area contributed by atoms with E-state index in [1.165, 1.54) is 23.5 Å². The maximum absolute atomic E-state index is 12.8. The van der Waals surface area contributed by atoms with Crippen LogP contribution in [0.4, 0.5) is 9.52 Å². The first-order valence-electron chi connectivity index (χ1n) is 5.74. The average molecular weight is 315 g/mol. The predicted molar refractivity (Wildman–Crippen MR) is 76.7 cm³/mol. The fraction of sp³-hybridized carbons (Fsp3) is 0.250. The van der Waals surface area contributed by atoms with Gasteiger partial charge in [-0.15, -0.1) is 11.3 Å². The van der Waals surface area contributed by atoms with Gasteiger partial charge in [-0.1, -0.05) is 0 Å². The first-order chi connectivity index (χ1) is 9.37. The van der Waals surface area contributed by atoms with E-state index in [9.17, 15) is 12.8 Å². The molecule has 0 aliphatic heterocycles. The van der Waals surface area contributed by atoms with E-state index in [2.05, 4.69) is 9.71 Å². The summed E-state index contributed by atoms with van der Waals surface area (Å²) in [6.07, 6.45) is 0. The minimum absolute atomic E-state index is 0.00302. The third kappa shape index (κ3) is 3.75. The normalized spacial score (nSPS) is 11.8. The number of benzene rings is 1. The maximum atomic E-state index is 12.8. The predicted octanol–water partition coefficient (Wildman–Crippen LogP) is 2.14. The average Bonchev–Trinajstić information content (AvgIpc) is 2.75. The summed E-state index contributed by atoms with van der Waals surface area (Å²) in [5.74, 6) is -0.480. The van der Waals surface area contributed by atoms with Crippen LogP contribution in [0.1, 0.15) is 5.69 Å². The summed E-state index contributed by atoms with van der Waals surface area (Å²) < 4.78 is 39.3. The van der Waals surface area contributed by atoms with Gasteiger partial charge in [0.05, 0.1) is 10.6 Å². The Morgan fingerprint density at radius 3 is 2.55 bits per heavy atom. The summed E-state index contributed by atoms with van der Waals surface area (Å²) >= 11 is 1.21. The highest BCUT2D eigenvalue weighted by molar-refractivity contribution is 7.93. The molecule has 0 aliphatic rings. The number of hydrogen-bond donors (Lipinski definition) is 1. The zero-order chi connectivity index (χ0) is 14.8. The SMILES string of the molecule is CN(C)Cc1csc(NS(=O)(=O)c2ccc(F)cc2)n1. The van der Waals surface area contributed by atoms with Crippen molar-refractivity contribution in [2.75, 3.05) is 18.8 Å². The van der Waals surface area contributed by atoms with Crippen LogP contribution >= 0.6 is 11.3 Å². The smallest absolute Gasteiger partial charge is 0.263 e. The quantitative estimate of drug-likeness (QED) is 0.918. The van der Waals surface area contributed by atoms with Crippen molar-refractivity contribution < 1.29 is 12.8 Å². The molecule has 0 fully saturated rings. The molecule has 1 N–H and O–H groups in total. The van der Waals surface area contributed by atoms with Gasteiger partial charge in [0.25, 0.3) is 10.0 Å². The van der Waals surface area contributed by atoms with E-state index in [4.69, 9.17) is 0 Å². The van der Waals surface area contributed by atoms with Crippen molar-refractivity contribution in [1.29, 1.82) is 0 Å². The molecule has 5 nitrogen and oxygen atoms in total. The molecule has 108 valence electrons. The molecule has 0 atom stereocenters. The first-order valence-corrected chi connectivity index (χ1v) is 8.10. The van der Waals surface area contributed by atoms with Crippen LogP contribution in [0, 0.1) is 5.82 Å². The third-order valence-corrected chi connectivity index (χ3v) is 4.67. The molecular formula is C12H14FN3O2S2. The Labute approximate surface area is 121 Å². The van der Waals surface area contributed by atoms with Crippen molar-refractivity contribution in [3.05, 3.63) is 41.2 Å². The van der Waals surface area contributed by atoms with Crippen molar-refractivity contribution in [3.63, 3.8) is 0 Å². The lowest BCUT2D eigenvalue weighted by atomic mass is 10.4. The molecule has 20 heavy (non-hydrogen) atoms. The minimum Gasteiger partial charge on any atom is -0.304 e. The molecular weight excluding hydrogens is 301 g/mol. The molecule has 0 saturated heterocycles. The van der Waals surface area contributed by atoms with Gasteiger partial charge in [0.1, 0.15) is 5.82 Å². The molecule has 0 amide bonds. The second kappa shape index (κ2) is 5.86. The van der Waals surface area contributed by atoms with Crippen LogP contribution in [-0.2, 0) is 16.6 Å². The number of aromatic nitrogens is 1. The van der Waals surface area contributed by atoms with Crippen LogP contribution in [0.5, 0.6) is 0 Å². The van der Waals surface area contributed by atoms with Gasteiger partial charge in [-0.25, -0.2) is 17.8 Å². The number of nitrogens with one attached hydrogen (secondary N) is 1. The van der Waals surface area contributed by atoms with E-state index in [0.717, 1.165) is 17.8 Å². The van der Waals surface area contributed by atoms with Gasteiger partial charge < -0.3 is 4.90 Å². The Kier molecular flexibility index (Phi) is 4.36. The zero-order valence-electron chi connectivity index (χ0n) is 11.0. The lowest BCUT2D eigenvalue weighted by molar-refractivity contribution is 0.398. The number of hydrogen-bond acceptors (Lipinski definition) is 5. The maximum Gasteiger partial charge on any atom is 0.263 e.